The van der Waals surface area contributed by atoms with Gasteiger partial charge < -0.3 is 4.42 Å². The van der Waals surface area contributed by atoms with E-state index >= 15 is 0 Å². The number of aromatic nitrogens is 1. The maximum atomic E-state index is 6.04. The Hall–Kier alpha value is -6.85. The van der Waals surface area contributed by atoms with E-state index in [1.165, 1.54) is 90.4 Å². The molecular formula is C53H31NOS2. The van der Waals surface area contributed by atoms with Crippen molar-refractivity contribution in [3.05, 3.63) is 188 Å². The molecule has 266 valence electrons. The maximum absolute atomic E-state index is 6.04. The van der Waals surface area contributed by atoms with Crippen LogP contribution in [0.3, 0.4) is 0 Å². The molecule has 0 radical (unpaired) electrons. The Morgan fingerprint density at radius 3 is 1.25 bits per heavy atom. The molecule has 8 aromatic carbocycles. The van der Waals surface area contributed by atoms with Gasteiger partial charge in [-0.2, -0.15) is 0 Å². The Bertz CT molecular complexity index is 3550. The average Bonchev–Trinajstić information content (AvgIpc) is 3.96. The van der Waals surface area contributed by atoms with E-state index < -0.39 is 0 Å². The van der Waals surface area contributed by atoms with Crippen molar-refractivity contribution in [1.82, 2.24) is 4.98 Å². The fraction of sp³-hybridized carbons (Fsp3) is 0. The monoisotopic (exact) mass is 761 g/mol. The van der Waals surface area contributed by atoms with Crippen LogP contribution in [0.4, 0.5) is 0 Å². The zero-order valence-electron chi connectivity index (χ0n) is 30.6. The smallest absolute Gasteiger partial charge is 0.153 e. The lowest BCUT2D eigenvalue weighted by atomic mass is 9.95. The highest BCUT2D eigenvalue weighted by Crippen LogP contribution is 2.41. The largest absolute Gasteiger partial charge is 0.454 e. The fourth-order valence-corrected chi connectivity index (χ4v) is 10.6. The molecule has 0 aliphatic rings. The third-order valence-corrected chi connectivity index (χ3v) is 13.7. The van der Waals surface area contributed by atoms with E-state index in [2.05, 4.69) is 175 Å². The van der Waals surface area contributed by atoms with Gasteiger partial charge in [0.15, 0.2) is 5.58 Å². The van der Waals surface area contributed by atoms with E-state index in [0.717, 1.165) is 27.5 Å². The van der Waals surface area contributed by atoms with E-state index in [9.17, 15) is 0 Å². The Morgan fingerprint density at radius 1 is 0.298 bits per heavy atom. The molecule has 0 saturated heterocycles. The summed E-state index contributed by atoms with van der Waals surface area (Å²) in [6.07, 6.45) is 3.61. The van der Waals surface area contributed by atoms with E-state index in [4.69, 9.17) is 4.42 Å². The molecule has 0 aliphatic carbocycles. The number of hydrogen-bond acceptors (Lipinski definition) is 4. The summed E-state index contributed by atoms with van der Waals surface area (Å²) in [7, 11) is 0. The molecule has 0 amide bonds. The van der Waals surface area contributed by atoms with Crippen molar-refractivity contribution >= 4 is 85.0 Å². The van der Waals surface area contributed by atoms with Crippen molar-refractivity contribution in [3.63, 3.8) is 0 Å². The molecule has 4 heterocycles. The van der Waals surface area contributed by atoms with Gasteiger partial charge in [0, 0.05) is 57.3 Å². The molecule has 0 bridgehead atoms. The first-order valence-corrected chi connectivity index (χ1v) is 20.8. The zero-order valence-corrected chi connectivity index (χ0v) is 32.2. The lowest BCUT2D eigenvalue weighted by Gasteiger charge is -2.09. The third kappa shape index (κ3) is 5.48. The van der Waals surface area contributed by atoms with Crippen LogP contribution in [-0.4, -0.2) is 4.98 Å². The molecule has 0 saturated carbocycles. The van der Waals surface area contributed by atoms with E-state index in [1.807, 2.05) is 34.9 Å². The number of nitrogens with zero attached hydrogens (tertiary/aromatic N) is 1. The molecule has 2 nitrogen and oxygen atoms in total. The van der Waals surface area contributed by atoms with Crippen LogP contribution in [0.25, 0.3) is 118 Å². The van der Waals surface area contributed by atoms with Gasteiger partial charge in [-0.25, -0.2) is 0 Å². The summed E-state index contributed by atoms with van der Waals surface area (Å²) in [5, 5.41) is 7.45. The van der Waals surface area contributed by atoms with Crippen LogP contribution in [0.5, 0.6) is 0 Å². The van der Waals surface area contributed by atoms with Crippen LogP contribution in [0, 0.1) is 0 Å². The predicted molar refractivity (Wildman–Crippen MR) is 244 cm³/mol. The van der Waals surface area contributed by atoms with Crippen molar-refractivity contribution < 1.29 is 4.42 Å². The van der Waals surface area contributed by atoms with Crippen molar-refractivity contribution in [2.45, 2.75) is 0 Å². The van der Waals surface area contributed by atoms with E-state index in [-0.39, 0.29) is 0 Å². The summed E-state index contributed by atoms with van der Waals surface area (Å²) in [6, 6.07) is 64.7. The molecule has 0 fully saturated rings. The first kappa shape index (κ1) is 32.4. The topological polar surface area (TPSA) is 26.0 Å². The Morgan fingerprint density at radius 2 is 0.719 bits per heavy atom. The van der Waals surface area contributed by atoms with Gasteiger partial charge >= 0.3 is 0 Å². The summed E-state index contributed by atoms with van der Waals surface area (Å²) in [5.41, 5.74) is 13.8. The van der Waals surface area contributed by atoms with Crippen LogP contribution < -0.4 is 0 Å². The maximum Gasteiger partial charge on any atom is 0.153 e. The number of fused-ring (bicyclic) bond motifs is 9. The number of benzene rings is 8. The van der Waals surface area contributed by atoms with Gasteiger partial charge in [-0.05, 0) is 134 Å². The number of hydrogen-bond donors (Lipinski definition) is 0. The lowest BCUT2D eigenvalue weighted by molar-refractivity contribution is 0.667. The Balaban J connectivity index is 0.881. The normalized spacial score (nSPS) is 11.9. The van der Waals surface area contributed by atoms with Gasteiger partial charge in [0.2, 0.25) is 0 Å². The number of thiophene rings is 2. The summed E-state index contributed by atoms with van der Waals surface area (Å²) >= 11 is 3.73. The van der Waals surface area contributed by atoms with Gasteiger partial charge in [0.25, 0.3) is 0 Å². The Labute approximate surface area is 336 Å². The minimum Gasteiger partial charge on any atom is -0.454 e. The molecule has 57 heavy (non-hydrogen) atoms. The second kappa shape index (κ2) is 12.9. The minimum absolute atomic E-state index is 0.812. The number of furan rings is 1. The standard InChI is InChI=1S/C53H31NOS2/c1-2-13-50-43(12-1)45-28-39(15-19-51(45)56-50)36-10-5-11-37(26-36)41-17-21-53-47(30-41)46-29-40(16-20-52(46)57-53)35-9-4-7-33(25-35)32-6-3-8-34(24-32)38-14-18-48-44(27-38)42-22-23-54-31-49(42)55-48/h1-31H. The molecule has 0 aliphatic heterocycles. The van der Waals surface area contributed by atoms with Crippen molar-refractivity contribution in [3.8, 4) is 55.6 Å². The second-order valence-corrected chi connectivity index (χ2v) is 16.9. The third-order valence-electron chi connectivity index (χ3n) is 11.4. The highest BCUT2D eigenvalue weighted by atomic mass is 32.1. The molecule has 4 heteroatoms. The summed E-state index contributed by atoms with van der Waals surface area (Å²) in [6.45, 7) is 0. The minimum atomic E-state index is 0.812. The number of pyridine rings is 1. The van der Waals surface area contributed by atoms with E-state index in [1.54, 1.807) is 6.20 Å². The summed E-state index contributed by atoms with van der Waals surface area (Å²) < 4.78 is 11.3. The Kier molecular flexibility index (Phi) is 7.31. The molecule has 0 N–H and O–H groups in total. The van der Waals surface area contributed by atoms with Gasteiger partial charge in [0.05, 0.1) is 6.20 Å². The van der Waals surface area contributed by atoms with Crippen LogP contribution in [0.2, 0.25) is 0 Å². The van der Waals surface area contributed by atoms with E-state index in [0.29, 0.717) is 0 Å². The van der Waals surface area contributed by atoms with Gasteiger partial charge in [-0.3, -0.25) is 4.98 Å². The summed E-state index contributed by atoms with van der Waals surface area (Å²) in [4.78, 5) is 4.23. The molecule has 0 unspecified atom stereocenters. The quantitative estimate of drug-likeness (QED) is 0.175. The highest BCUT2D eigenvalue weighted by molar-refractivity contribution is 7.26. The molecule has 0 atom stereocenters. The number of rotatable bonds is 5. The van der Waals surface area contributed by atoms with Crippen LogP contribution in [0.15, 0.2) is 193 Å². The fourth-order valence-electron chi connectivity index (χ4n) is 8.49. The van der Waals surface area contributed by atoms with Crippen LogP contribution in [0.1, 0.15) is 0 Å². The van der Waals surface area contributed by atoms with Crippen LogP contribution in [-0.2, 0) is 0 Å². The molecule has 12 rings (SSSR count). The summed E-state index contributed by atoms with van der Waals surface area (Å²) in [5.74, 6) is 0. The molecular weight excluding hydrogens is 731 g/mol. The van der Waals surface area contributed by atoms with Gasteiger partial charge in [-0.15, -0.1) is 22.7 Å². The second-order valence-electron chi connectivity index (χ2n) is 14.8. The van der Waals surface area contributed by atoms with Crippen molar-refractivity contribution in [2.75, 3.05) is 0 Å². The average molecular weight is 762 g/mol. The molecule has 0 spiro atoms. The molecule has 12 aromatic rings. The first-order valence-electron chi connectivity index (χ1n) is 19.1. The van der Waals surface area contributed by atoms with Gasteiger partial charge in [-0.1, -0.05) is 97.1 Å². The predicted octanol–water partition coefficient (Wildman–Crippen LogP) is 16.1. The highest BCUT2D eigenvalue weighted by Gasteiger charge is 2.13. The molecule has 4 aromatic heterocycles. The lowest BCUT2D eigenvalue weighted by Crippen LogP contribution is -1.84. The SMILES string of the molecule is c1cc(-c2cccc(-c3ccc4sc5ccc(-c6cccc(-c7ccc8sc9ccccc9c8c7)c6)cc5c4c3)c2)cc(-c2ccc3oc4cnccc4c3c2)c1. The van der Waals surface area contributed by atoms with Crippen molar-refractivity contribution in [2.24, 2.45) is 0 Å². The van der Waals surface area contributed by atoms with Crippen molar-refractivity contribution in [1.29, 1.82) is 0 Å². The van der Waals surface area contributed by atoms with Gasteiger partial charge in [0.1, 0.15) is 5.58 Å². The van der Waals surface area contributed by atoms with Crippen LogP contribution >= 0.6 is 22.7 Å². The zero-order chi connectivity index (χ0) is 37.5. The first-order chi connectivity index (χ1) is 28.2.